The van der Waals surface area contributed by atoms with E-state index in [1.54, 1.807) is 17.5 Å². The van der Waals surface area contributed by atoms with E-state index in [1.807, 2.05) is 54.0 Å². The van der Waals surface area contributed by atoms with Gasteiger partial charge in [0, 0.05) is 22.5 Å². The Kier molecular flexibility index (Phi) is 8.09. The second-order valence-corrected chi connectivity index (χ2v) is 11.0. The van der Waals surface area contributed by atoms with E-state index < -0.39 is 0 Å². The maximum absolute atomic E-state index is 13.1. The topological polar surface area (TPSA) is 72.7 Å². The molecule has 2 heterocycles. The highest BCUT2D eigenvalue weighted by Crippen LogP contribution is 2.35. The Morgan fingerprint density at radius 1 is 1.08 bits per heavy atom. The molecule has 0 atom stereocenters. The number of thioether (sulfide) groups is 1. The molecule has 0 fully saturated rings. The number of rotatable bonds is 8. The summed E-state index contributed by atoms with van der Waals surface area (Å²) in [4.78, 5) is 17.1. The molecule has 0 unspecified atom stereocenters. The van der Waals surface area contributed by atoms with Gasteiger partial charge >= 0.3 is 0 Å². The van der Waals surface area contributed by atoms with Crippen LogP contribution in [-0.4, -0.2) is 25.7 Å². The summed E-state index contributed by atoms with van der Waals surface area (Å²) in [6.07, 6.45) is 0. The summed E-state index contributed by atoms with van der Waals surface area (Å²) in [6.45, 7) is 2.28. The number of aromatic nitrogens is 4. The summed E-state index contributed by atoms with van der Waals surface area (Å²) in [5, 5.41) is 16.0. The SMILES string of the molecule is Cc1ccc(Cl)cc1-n1c(SCc2nc(C(=O)NCc3ccc(F)cc3)cs2)nnc1-c1ccccc1Cl. The van der Waals surface area contributed by atoms with Crippen LogP contribution in [0.15, 0.2) is 77.3 Å². The molecule has 0 saturated carbocycles. The first kappa shape index (κ1) is 26.4. The van der Waals surface area contributed by atoms with Crippen molar-refractivity contribution in [1.29, 1.82) is 0 Å². The number of nitrogens with zero attached hydrogens (tertiary/aromatic N) is 4. The number of aryl methyl sites for hydroxylation is 1. The molecule has 0 aliphatic heterocycles. The van der Waals surface area contributed by atoms with Crippen molar-refractivity contribution < 1.29 is 9.18 Å². The number of carbonyl (C=O) groups is 1. The van der Waals surface area contributed by atoms with Crippen LogP contribution >= 0.6 is 46.3 Å². The molecule has 0 radical (unpaired) electrons. The van der Waals surface area contributed by atoms with Crippen LogP contribution in [0.5, 0.6) is 0 Å². The van der Waals surface area contributed by atoms with Gasteiger partial charge in [0.05, 0.1) is 16.5 Å². The molecular weight excluding hydrogens is 564 g/mol. The Hall–Kier alpha value is -3.24. The minimum absolute atomic E-state index is 0.285. The van der Waals surface area contributed by atoms with E-state index in [2.05, 4.69) is 20.5 Å². The first-order valence-electron chi connectivity index (χ1n) is 11.5. The summed E-state index contributed by atoms with van der Waals surface area (Å²) in [6, 6.07) is 19.1. The maximum Gasteiger partial charge on any atom is 0.271 e. The third-order valence-electron chi connectivity index (χ3n) is 5.64. The zero-order chi connectivity index (χ0) is 26.6. The van der Waals surface area contributed by atoms with Gasteiger partial charge in [0.25, 0.3) is 5.91 Å². The third kappa shape index (κ3) is 5.91. The normalized spacial score (nSPS) is 11.1. The van der Waals surface area contributed by atoms with E-state index in [0.717, 1.165) is 27.4 Å². The fraction of sp³-hybridized carbons (Fsp3) is 0.111. The van der Waals surface area contributed by atoms with Gasteiger partial charge in [0.2, 0.25) is 0 Å². The molecule has 38 heavy (non-hydrogen) atoms. The molecule has 0 saturated heterocycles. The number of hydrogen-bond donors (Lipinski definition) is 1. The van der Waals surface area contributed by atoms with Crippen molar-refractivity contribution in [2.45, 2.75) is 24.4 Å². The molecule has 192 valence electrons. The molecule has 1 N–H and O–H groups in total. The molecule has 0 spiro atoms. The minimum atomic E-state index is -0.318. The quantitative estimate of drug-likeness (QED) is 0.193. The summed E-state index contributed by atoms with van der Waals surface area (Å²) in [5.41, 5.74) is 3.73. The van der Waals surface area contributed by atoms with Crippen LogP contribution < -0.4 is 5.32 Å². The van der Waals surface area contributed by atoms with Crippen LogP contribution in [-0.2, 0) is 12.3 Å². The van der Waals surface area contributed by atoms with Crippen molar-refractivity contribution in [3.63, 3.8) is 0 Å². The Bertz CT molecular complexity index is 1600. The van der Waals surface area contributed by atoms with Gasteiger partial charge in [-0.25, -0.2) is 9.37 Å². The van der Waals surface area contributed by atoms with Gasteiger partial charge in [-0.1, -0.05) is 65.3 Å². The van der Waals surface area contributed by atoms with Crippen molar-refractivity contribution in [3.05, 3.63) is 110 Å². The Morgan fingerprint density at radius 3 is 2.66 bits per heavy atom. The van der Waals surface area contributed by atoms with Crippen LogP contribution in [0.3, 0.4) is 0 Å². The molecule has 1 amide bonds. The second-order valence-electron chi connectivity index (χ2n) is 8.28. The summed E-state index contributed by atoms with van der Waals surface area (Å²) in [5.74, 6) is 0.474. The lowest BCUT2D eigenvalue weighted by atomic mass is 10.1. The van der Waals surface area contributed by atoms with Gasteiger partial charge in [0.1, 0.15) is 16.5 Å². The molecule has 2 aromatic heterocycles. The molecule has 5 rings (SSSR count). The number of benzene rings is 3. The molecule has 0 aliphatic rings. The van der Waals surface area contributed by atoms with Gasteiger partial charge in [-0.3, -0.25) is 9.36 Å². The van der Waals surface area contributed by atoms with Crippen LogP contribution in [0.1, 0.15) is 26.6 Å². The van der Waals surface area contributed by atoms with Crippen LogP contribution in [0, 0.1) is 12.7 Å². The zero-order valence-electron chi connectivity index (χ0n) is 20.0. The third-order valence-corrected chi connectivity index (χ3v) is 8.17. The Morgan fingerprint density at radius 2 is 1.87 bits per heavy atom. The van der Waals surface area contributed by atoms with E-state index >= 15 is 0 Å². The first-order valence-corrected chi connectivity index (χ1v) is 14.1. The summed E-state index contributed by atoms with van der Waals surface area (Å²) < 4.78 is 15.0. The van der Waals surface area contributed by atoms with E-state index in [4.69, 9.17) is 23.2 Å². The molecule has 0 aliphatic carbocycles. The minimum Gasteiger partial charge on any atom is -0.347 e. The van der Waals surface area contributed by atoms with Gasteiger partial charge in [-0.15, -0.1) is 21.5 Å². The number of thiazole rings is 1. The van der Waals surface area contributed by atoms with Gasteiger partial charge < -0.3 is 5.32 Å². The lowest BCUT2D eigenvalue weighted by Gasteiger charge is -2.14. The van der Waals surface area contributed by atoms with Crippen LogP contribution in [0.4, 0.5) is 4.39 Å². The summed E-state index contributed by atoms with van der Waals surface area (Å²) in [7, 11) is 0. The number of carbonyl (C=O) groups excluding carboxylic acids is 1. The van der Waals surface area contributed by atoms with E-state index in [9.17, 15) is 9.18 Å². The number of amides is 1. The van der Waals surface area contributed by atoms with Crippen LogP contribution in [0.25, 0.3) is 17.1 Å². The molecule has 0 bridgehead atoms. The maximum atomic E-state index is 13.1. The average molecular weight is 585 g/mol. The van der Waals surface area contributed by atoms with E-state index in [1.165, 1.54) is 35.2 Å². The van der Waals surface area contributed by atoms with Crippen molar-refractivity contribution in [3.8, 4) is 17.1 Å². The zero-order valence-corrected chi connectivity index (χ0v) is 23.1. The predicted octanol–water partition coefficient (Wildman–Crippen LogP) is 7.37. The van der Waals surface area contributed by atoms with E-state index in [0.29, 0.717) is 32.5 Å². The van der Waals surface area contributed by atoms with Gasteiger partial charge in [-0.05, 0) is 54.4 Å². The second kappa shape index (κ2) is 11.7. The number of nitrogens with one attached hydrogen (secondary N) is 1. The van der Waals surface area contributed by atoms with Crippen molar-refractivity contribution >= 4 is 52.2 Å². The highest BCUT2D eigenvalue weighted by atomic mass is 35.5. The van der Waals surface area contributed by atoms with Crippen molar-refractivity contribution in [2.24, 2.45) is 0 Å². The molecule has 11 heteroatoms. The van der Waals surface area contributed by atoms with Gasteiger partial charge in [0.15, 0.2) is 11.0 Å². The van der Waals surface area contributed by atoms with E-state index in [-0.39, 0.29) is 18.3 Å². The highest BCUT2D eigenvalue weighted by molar-refractivity contribution is 7.98. The largest absolute Gasteiger partial charge is 0.347 e. The highest BCUT2D eigenvalue weighted by Gasteiger charge is 2.20. The standard InChI is InChI=1S/C27H20Cl2FN5OS2/c1-16-6-9-18(28)12-23(16)35-25(20-4-2-3-5-21(20)29)33-34-27(35)38-15-24-32-22(14-37-24)26(36)31-13-17-7-10-19(30)11-8-17/h2-12,14H,13,15H2,1H3,(H,31,36). The predicted molar refractivity (Wildman–Crippen MR) is 151 cm³/mol. The van der Waals surface area contributed by atoms with Crippen molar-refractivity contribution in [2.75, 3.05) is 0 Å². The summed E-state index contributed by atoms with van der Waals surface area (Å²) >= 11 is 15.7. The lowest BCUT2D eigenvalue weighted by molar-refractivity contribution is 0.0946. The lowest BCUT2D eigenvalue weighted by Crippen LogP contribution is -2.23. The molecule has 6 nitrogen and oxygen atoms in total. The number of halogens is 3. The fourth-order valence-electron chi connectivity index (χ4n) is 3.70. The Labute approximate surface area is 236 Å². The molecule has 3 aromatic carbocycles. The first-order chi connectivity index (χ1) is 18.4. The fourth-order valence-corrected chi connectivity index (χ4v) is 5.83. The monoisotopic (exact) mass is 583 g/mol. The molecular formula is C27H20Cl2FN5OS2. The van der Waals surface area contributed by atoms with Crippen molar-refractivity contribution in [1.82, 2.24) is 25.1 Å². The smallest absolute Gasteiger partial charge is 0.271 e. The van der Waals surface area contributed by atoms with Gasteiger partial charge in [-0.2, -0.15) is 0 Å². The molecule has 5 aromatic rings. The average Bonchev–Trinajstić information content (AvgIpc) is 3.56. The van der Waals surface area contributed by atoms with Crippen LogP contribution in [0.2, 0.25) is 10.0 Å². The number of hydrogen-bond acceptors (Lipinski definition) is 6. The Balaban J connectivity index is 1.36.